The van der Waals surface area contributed by atoms with Crippen molar-refractivity contribution in [1.29, 1.82) is 0 Å². The van der Waals surface area contributed by atoms with Crippen molar-refractivity contribution in [1.82, 2.24) is 4.90 Å². The second kappa shape index (κ2) is 5.66. The summed E-state index contributed by atoms with van der Waals surface area (Å²) < 4.78 is 0. The quantitative estimate of drug-likeness (QED) is 0.688. The summed E-state index contributed by atoms with van der Waals surface area (Å²) in [4.78, 5) is 12.8. The Morgan fingerprint density at radius 3 is 3.07 bits per heavy atom. The van der Waals surface area contributed by atoms with Crippen LogP contribution in [0.3, 0.4) is 0 Å². The van der Waals surface area contributed by atoms with Crippen LogP contribution in [-0.2, 0) is 4.79 Å². The van der Waals surface area contributed by atoms with Gasteiger partial charge in [0, 0.05) is 19.0 Å². The molecule has 78 valence electrons. The van der Waals surface area contributed by atoms with Crippen LogP contribution >= 0.6 is 0 Å². The topological polar surface area (TPSA) is 40.5 Å². The molecule has 0 saturated carbocycles. The van der Waals surface area contributed by atoms with Crippen LogP contribution in [0.15, 0.2) is 0 Å². The lowest BCUT2D eigenvalue weighted by Crippen LogP contribution is -2.32. The lowest BCUT2D eigenvalue weighted by Gasteiger charge is -2.21. The summed E-state index contributed by atoms with van der Waals surface area (Å²) in [5, 5.41) is 8.71. The second-order valence-corrected chi connectivity index (χ2v) is 3.61. The number of likely N-dealkylation sites (tertiary alicyclic amines) is 1. The van der Waals surface area contributed by atoms with Crippen molar-refractivity contribution < 1.29 is 9.90 Å². The molecule has 1 heterocycles. The number of carboxylic acid groups (broad SMARTS) is 1. The highest BCUT2D eigenvalue weighted by molar-refractivity contribution is 5.67. The summed E-state index contributed by atoms with van der Waals surface area (Å²) >= 11 is 0. The smallest absolute Gasteiger partial charge is 0.304 e. The average Bonchev–Trinajstić information content (AvgIpc) is 2.52. The van der Waals surface area contributed by atoms with E-state index in [0.29, 0.717) is 0 Å². The SMILES string of the molecule is CC#CCCN1CCCC1CC(=O)O. The summed E-state index contributed by atoms with van der Waals surface area (Å²) in [5.41, 5.74) is 0. The molecule has 1 saturated heterocycles. The predicted molar refractivity (Wildman–Crippen MR) is 54.9 cm³/mol. The summed E-state index contributed by atoms with van der Waals surface area (Å²) in [7, 11) is 0. The number of carbonyl (C=O) groups is 1. The zero-order valence-electron chi connectivity index (χ0n) is 8.62. The van der Waals surface area contributed by atoms with Crippen LogP contribution < -0.4 is 0 Å². The molecule has 14 heavy (non-hydrogen) atoms. The predicted octanol–water partition coefficient (Wildman–Crippen LogP) is 1.34. The van der Waals surface area contributed by atoms with Crippen LogP contribution in [0.4, 0.5) is 0 Å². The zero-order chi connectivity index (χ0) is 10.4. The summed E-state index contributed by atoms with van der Waals surface area (Å²) in [5.74, 6) is 5.17. The van der Waals surface area contributed by atoms with Gasteiger partial charge in [0.1, 0.15) is 0 Å². The number of hydrogen-bond donors (Lipinski definition) is 1. The molecular formula is C11H17NO2. The fourth-order valence-electron chi connectivity index (χ4n) is 1.95. The third kappa shape index (κ3) is 3.39. The number of hydrogen-bond acceptors (Lipinski definition) is 2. The minimum absolute atomic E-state index is 0.242. The fourth-order valence-corrected chi connectivity index (χ4v) is 1.95. The highest BCUT2D eigenvalue weighted by Gasteiger charge is 2.25. The minimum atomic E-state index is -0.691. The van der Waals surface area contributed by atoms with E-state index in [2.05, 4.69) is 16.7 Å². The Morgan fingerprint density at radius 1 is 1.64 bits per heavy atom. The van der Waals surface area contributed by atoms with Gasteiger partial charge in [-0.25, -0.2) is 0 Å². The molecule has 0 aromatic carbocycles. The number of rotatable bonds is 4. The van der Waals surface area contributed by atoms with E-state index in [-0.39, 0.29) is 12.5 Å². The second-order valence-electron chi connectivity index (χ2n) is 3.61. The average molecular weight is 195 g/mol. The number of aliphatic carboxylic acids is 1. The van der Waals surface area contributed by atoms with E-state index in [0.717, 1.165) is 32.4 Å². The van der Waals surface area contributed by atoms with Crippen LogP contribution in [-0.4, -0.2) is 35.1 Å². The Hall–Kier alpha value is -1.01. The van der Waals surface area contributed by atoms with Crippen molar-refractivity contribution in [3.8, 4) is 11.8 Å². The third-order valence-electron chi connectivity index (χ3n) is 2.61. The van der Waals surface area contributed by atoms with Crippen LogP contribution in [0.5, 0.6) is 0 Å². The standard InChI is InChI=1S/C11H17NO2/c1-2-3-4-7-12-8-5-6-10(12)9-11(13)14/h10H,4-9H2,1H3,(H,13,14). The first-order chi connectivity index (χ1) is 6.74. The van der Waals surface area contributed by atoms with E-state index in [1.165, 1.54) is 0 Å². The van der Waals surface area contributed by atoms with Crippen molar-refractivity contribution in [3.63, 3.8) is 0 Å². The lowest BCUT2D eigenvalue weighted by atomic mass is 10.1. The minimum Gasteiger partial charge on any atom is -0.481 e. The monoisotopic (exact) mass is 195 g/mol. The van der Waals surface area contributed by atoms with Crippen molar-refractivity contribution in [2.24, 2.45) is 0 Å². The molecule has 1 aliphatic rings. The molecule has 1 N–H and O–H groups in total. The Labute approximate surface area is 85.1 Å². The summed E-state index contributed by atoms with van der Waals surface area (Å²) in [6.07, 6.45) is 3.27. The molecular weight excluding hydrogens is 178 g/mol. The molecule has 3 nitrogen and oxygen atoms in total. The normalized spacial score (nSPS) is 21.6. The van der Waals surface area contributed by atoms with Crippen molar-refractivity contribution in [2.45, 2.75) is 38.6 Å². The Morgan fingerprint density at radius 2 is 2.43 bits per heavy atom. The van der Waals surface area contributed by atoms with Crippen LogP contribution in [0.1, 0.15) is 32.6 Å². The molecule has 1 unspecified atom stereocenters. The molecule has 0 aromatic rings. The van der Waals surface area contributed by atoms with E-state index >= 15 is 0 Å². The van der Waals surface area contributed by atoms with Gasteiger partial charge in [-0.15, -0.1) is 11.8 Å². The maximum atomic E-state index is 10.6. The fraction of sp³-hybridized carbons (Fsp3) is 0.727. The van der Waals surface area contributed by atoms with Gasteiger partial charge in [0.05, 0.1) is 6.42 Å². The van der Waals surface area contributed by atoms with Gasteiger partial charge in [-0.3, -0.25) is 9.69 Å². The Bertz CT molecular complexity index is 252. The van der Waals surface area contributed by atoms with Gasteiger partial charge < -0.3 is 5.11 Å². The van der Waals surface area contributed by atoms with E-state index in [9.17, 15) is 4.79 Å². The van der Waals surface area contributed by atoms with E-state index in [1.54, 1.807) is 0 Å². The molecule has 0 spiro atoms. The summed E-state index contributed by atoms with van der Waals surface area (Å²) in [6, 6.07) is 0.242. The van der Waals surface area contributed by atoms with Gasteiger partial charge in [-0.1, -0.05) is 0 Å². The molecule has 0 bridgehead atoms. The molecule has 1 aliphatic heterocycles. The van der Waals surface area contributed by atoms with Gasteiger partial charge in [-0.2, -0.15) is 0 Å². The van der Waals surface area contributed by atoms with Gasteiger partial charge in [0.15, 0.2) is 0 Å². The zero-order valence-corrected chi connectivity index (χ0v) is 8.62. The number of nitrogens with zero attached hydrogens (tertiary/aromatic N) is 1. The maximum absolute atomic E-state index is 10.6. The van der Waals surface area contributed by atoms with Crippen molar-refractivity contribution >= 4 is 5.97 Å². The molecule has 0 aromatic heterocycles. The number of carboxylic acids is 1. The van der Waals surface area contributed by atoms with E-state index < -0.39 is 5.97 Å². The highest BCUT2D eigenvalue weighted by Crippen LogP contribution is 2.19. The summed E-state index contributed by atoms with van der Waals surface area (Å²) in [6.45, 7) is 3.78. The van der Waals surface area contributed by atoms with Crippen LogP contribution in [0.2, 0.25) is 0 Å². The van der Waals surface area contributed by atoms with E-state index in [1.807, 2.05) is 6.92 Å². The van der Waals surface area contributed by atoms with E-state index in [4.69, 9.17) is 5.11 Å². The largest absolute Gasteiger partial charge is 0.481 e. The molecule has 1 atom stereocenters. The molecule has 0 radical (unpaired) electrons. The first-order valence-electron chi connectivity index (χ1n) is 5.09. The maximum Gasteiger partial charge on any atom is 0.304 e. The molecule has 3 heteroatoms. The van der Waals surface area contributed by atoms with Crippen LogP contribution in [0, 0.1) is 11.8 Å². The van der Waals surface area contributed by atoms with Crippen LogP contribution in [0.25, 0.3) is 0 Å². The van der Waals surface area contributed by atoms with Gasteiger partial charge in [0.25, 0.3) is 0 Å². The van der Waals surface area contributed by atoms with Gasteiger partial charge in [-0.05, 0) is 26.3 Å². The first kappa shape index (κ1) is 11.1. The Balaban J connectivity index is 2.33. The van der Waals surface area contributed by atoms with Gasteiger partial charge in [0.2, 0.25) is 0 Å². The molecule has 0 amide bonds. The van der Waals surface area contributed by atoms with Gasteiger partial charge >= 0.3 is 5.97 Å². The Kier molecular flexibility index (Phi) is 4.48. The molecule has 1 fully saturated rings. The first-order valence-corrected chi connectivity index (χ1v) is 5.09. The third-order valence-corrected chi connectivity index (χ3v) is 2.61. The highest BCUT2D eigenvalue weighted by atomic mass is 16.4. The van der Waals surface area contributed by atoms with Crippen molar-refractivity contribution in [2.75, 3.05) is 13.1 Å². The molecule has 1 rings (SSSR count). The lowest BCUT2D eigenvalue weighted by molar-refractivity contribution is -0.138. The van der Waals surface area contributed by atoms with Crippen molar-refractivity contribution in [3.05, 3.63) is 0 Å². The molecule has 0 aliphatic carbocycles.